The smallest absolute Gasteiger partial charge is 0.339 e. The average molecular weight is 329 g/mol. The summed E-state index contributed by atoms with van der Waals surface area (Å²) in [6.45, 7) is 1.63. The number of hydrogen-bond donors (Lipinski definition) is 0. The molecule has 1 aliphatic rings. The molecule has 1 aromatic carbocycles. The van der Waals surface area contributed by atoms with Crippen molar-refractivity contribution in [3.8, 4) is 5.75 Å². The number of carbonyl (C=O) groups is 1. The Morgan fingerprint density at radius 1 is 1.29 bits per heavy atom. The fourth-order valence-electron chi connectivity index (χ4n) is 2.99. The SMILES string of the molecule is COC(=O)c1cnc2c(C3=CCC(C)(F)CC3)cc(OC)cc2c1. The molecule has 0 radical (unpaired) electrons. The van der Waals surface area contributed by atoms with E-state index < -0.39 is 11.6 Å². The summed E-state index contributed by atoms with van der Waals surface area (Å²) in [4.78, 5) is 16.2. The second kappa shape index (κ2) is 6.23. The number of hydrogen-bond acceptors (Lipinski definition) is 4. The van der Waals surface area contributed by atoms with E-state index in [0.29, 0.717) is 30.6 Å². The minimum absolute atomic E-state index is 0.387. The van der Waals surface area contributed by atoms with Gasteiger partial charge in [-0.15, -0.1) is 0 Å². The van der Waals surface area contributed by atoms with Crippen LogP contribution < -0.4 is 4.74 Å². The Morgan fingerprint density at radius 2 is 2.08 bits per heavy atom. The summed E-state index contributed by atoms with van der Waals surface area (Å²) in [5, 5.41) is 0.793. The lowest BCUT2D eigenvalue weighted by molar-refractivity contribution is 0.0600. The molecule has 3 rings (SSSR count). The van der Waals surface area contributed by atoms with E-state index in [1.165, 1.54) is 13.3 Å². The van der Waals surface area contributed by atoms with Gasteiger partial charge in [0.25, 0.3) is 0 Å². The van der Waals surface area contributed by atoms with E-state index in [1.807, 2.05) is 18.2 Å². The van der Waals surface area contributed by atoms with Gasteiger partial charge in [-0.3, -0.25) is 4.98 Å². The predicted octanol–water partition coefficient (Wildman–Crippen LogP) is 4.33. The summed E-state index contributed by atoms with van der Waals surface area (Å²) in [5.74, 6) is 0.245. The van der Waals surface area contributed by atoms with Crippen LogP contribution in [0.15, 0.2) is 30.5 Å². The largest absolute Gasteiger partial charge is 0.497 e. The number of pyridine rings is 1. The lowest BCUT2D eigenvalue weighted by Crippen LogP contribution is -2.20. The van der Waals surface area contributed by atoms with Gasteiger partial charge in [0.15, 0.2) is 0 Å². The molecule has 0 bridgehead atoms. The van der Waals surface area contributed by atoms with Gasteiger partial charge in [0.2, 0.25) is 0 Å². The highest BCUT2D eigenvalue weighted by molar-refractivity contribution is 5.97. The van der Waals surface area contributed by atoms with Crippen molar-refractivity contribution >= 4 is 22.4 Å². The standard InChI is InChI=1S/C19H20FNO3/c1-19(20)6-4-12(5-7-19)16-10-15(23-2)9-13-8-14(18(22)24-3)11-21-17(13)16/h4,8-11H,5-7H2,1-3H3. The summed E-state index contributed by atoms with van der Waals surface area (Å²) >= 11 is 0. The second-order valence-electron chi connectivity index (χ2n) is 6.31. The lowest BCUT2D eigenvalue weighted by atomic mass is 9.85. The van der Waals surface area contributed by atoms with E-state index in [4.69, 9.17) is 9.47 Å². The summed E-state index contributed by atoms with van der Waals surface area (Å²) in [6, 6.07) is 5.49. The highest BCUT2D eigenvalue weighted by atomic mass is 19.1. The number of nitrogens with zero attached hydrogens (tertiary/aromatic N) is 1. The first-order valence-electron chi connectivity index (χ1n) is 7.88. The van der Waals surface area contributed by atoms with Gasteiger partial charge in [-0.2, -0.15) is 0 Å². The molecule has 0 amide bonds. The molecule has 0 saturated carbocycles. The number of ether oxygens (including phenoxy) is 2. The Bertz CT molecular complexity index is 827. The van der Waals surface area contributed by atoms with Gasteiger partial charge >= 0.3 is 5.97 Å². The third kappa shape index (κ3) is 3.11. The number of halogens is 1. The van der Waals surface area contributed by atoms with Crippen LogP contribution in [0.1, 0.15) is 42.1 Å². The first kappa shape index (κ1) is 16.4. The first-order valence-corrected chi connectivity index (χ1v) is 7.88. The zero-order valence-electron chi connectivity index (χ0n) is 14.1. The molecule has 4 nitrogen and oxygen atoms in total. The van der Waals surface area contributed by atoms with Gasteiger partial charge in [-0.05, 0) is 50.0 Å². The van der Waals surface area contributed by atoms with Crippen LogP contribution >= 0.6 is 0 Å². The van der Waals surface area contributed by atoms with Crippen LogP contribution in [0.5, 0.6) is 5.75 Å². The maximum Gasteiger partial charge on any atom is 0.339 e. The van der Waals surface area contributed by atoms with E-state index in [1.54, 1.807) is 20.1 Å². The fraction of sp³-hybridized carbons (Fsp3) is 0.368. The number of allylic oxidation sites excluding steroid dienone is 2. The zero-order valence-corrected chi connectivity index (χ0v) is 14.1. The van der Waals surface area contributed by atoms with Crippen molar-refractivity contribution in [2.75, 3.05) is 14.2 Å². The number of rotatable bonds is 3. The fourth-order valence-corrected chi connectivity index (χ4v) is 2.99. The van der Waals surface area contributed by atoms with Gasteiger partial charge in [0.1, 0.15) is 11.4 Å². The highest BCUT2D eigenvalue weighted by Crippen LogP contribution is 2.38. The van der Waals surface area contributed by atoms with Crippen molar-refractivity contribution < 1.29 is 18.7 Å². The molecule has 5 heteroatoms. The Kier molecular flexibility index (Phi) is 4.26. The molecule has 1 heterocycles. The molecule has 1 unspecified atom stereocenters. The van der Waals surface area contributed by atoms with Crippen LogP contribution in [0.2, 0.25) is 0 Å². The van der Waals surface area contributed by atoms with Gasteiger partial charge in [-0.1, -0.05) is 6.08 Å². The number of alkyl halides is 1. The van der Waals surface area contributed by atoms with Gasteiger partial charge in [0, 0.05) is 17.1 Å². The minimum atomic E-state index is -1.15. The summed E-state index contributed by atoms with van der Waals surface area (Å²) < 4.78 is 24.2. The molecule has 0 spiro atoms. The van der Waals surface area contributed by atoms with E-state index in [9.17, 15) is 9.18 Å². The molecular formula is C19H20FNO3. The van der Waals surface area contributed by atoms with E-state index in [0.717, 1.165) is 22.0 Å². The van der Waals surface area contributed by atoms with Crippen LogP contribution in [0.3, 0.4) is 0 Å². The van der Waals surface area contributed by atoms with Crippen molar-refractivity contribution in [1.29, 1.82) is 0 Å². The number of aromatic nitrogens is 1. The van der Waals surface area contributed by atoms with Gasteiger partial charge in [-0.25, -0.2) is 9.18 Å². The van der Waals surface area contributed by atoms with Gasteiger partial charge in [0.05, 0.1) is 25.3 Å². The maximum atomic E-state index is 14.1. The Hall–Kier alpha value is -2.43. The number of esters is 1. The quantitative estimate of drug-likeness (QED) is 0.787. The molecular weight excluding hydrogens is 309 g/mol. The van der Waals surface area contributed by atoms with Crippen molar-refractivity contribution in [3.05, 3.63) is 41.6 Å². The van der Waals surface area contributed by atoms with Gasteiger partial charge < -0.3 is 9.47 Å². The molecule has 2 aromatic rings. The van der Waals surface area contributed by atoms with Crippen LogP contribution in [-0.2, 0) is 4.74 Å². The molecule has 0 aliphatic heterocycles. The maximum absolute atomic E-state index is 14.1. The topological polar surface area (TPSA) is 48.4 Å². The van der Waals surface area contributed by atoms with Crippen LogP contribution in [-0.4, -0.2) is 30.8 Å². The van der Waals surface area contributed by atoms with Crippen molar-refractivity contribution in [2.45, 2.75) is 31.9 Å². The molecule has 1 aliphatic carbocycles. The van der Waals surface area contributed by atoms with E-state index in [2.05, 4.69) is 4.98 Å². The lowest BCUT2D eigenvalue weighted by Gasteiger charge is -2.25. The minimum Gasteiger partial charge on any atom is -0.497 e. The van der Waals surface area contributed by atoms with E-state index >= 15 is 0 Å². The normalized spacial score (nSPS) is 20.6. The van der Waals surface area contributed by atoms with Crippen LogP contribution in [0, 0.1) is 0 Å². The highest BCUT2D eigenvalue weighted by Gasteiger charge is 2.27. The van der Waals surface area contributed by atoms with Crippen LogP contribution in [0.25, 0.3) is 16.5 Å². The van der Waals surface area contributed by atoms with Crippen molar-refractivity contribution in [3.63, 3.8) is 0 Å². The summed E-state index contributed by atoms with van der Waals surface area (Å²) in [5.41, 5.74) is 2.00. The predicted molar refractivity (Wildman–Crippen MR) is 91.0 cm³/mol. The average Bonchev–Trinajstić information content (AvgIpc) is 2.59. The molecule has 0 saturated heterocycles. The molecule has 0 N–H and O–H groups in total. The monoisotopic (exact) mass is 329 g/mol. The first-order chi connectivity index (χ1) is 11.4. The number of benzene rings is 1. The van der Waals surface area contributed by atoms with Crippen LogP contribution in [0.4, 0.5) is 4.39 Å². The Morgan fingerprint density at radius 3 is 2.71 bits per heavy atom. The third-order valence-electron chi connectivity index (χ3n) is 4.45. The molecule has 1 aromatic heterocycles. The Labute approximate surface area is 140 Å². The number of carbonyl (C=O) groups excluding carboxylic acids is 1. The Balaban J connectivity index is 2.13. The molecule has 126 valence electrons. The van der Waals surface area contributed by atoms with Crippen molar-refractivity contribution in [1.82, 2.24) is 4.98 Å². The van der Waals surface area contributed by atoms with Crippen molar-refractivity contribution in [2.24, 2.45) is 0 Å². The second-order valence-corrected chi connectivity index (χ2v) is 6.31. The number of fused-ring (bicyclic) bond motifs is 1. The molecule has 1 atom stereocenters. The number of methoxy groups -OCH3 is 2. The summed E-state index contributed by atoms with van der Waals surface area (Å²) in [6.07, 6.45) is 4.97. The van der Waals surface area contributed by atoms with E-state index in [-0.39, 0.29) is 0 Å². The molecule has 24 heavy (non-hydrogen) atoms. The third-order valence-corrected chi connectivity index (χ3v) is 4.45. The summed E-state index contributed by atoms with van der Waals surface area (Å²) in [7, 11) is 2.93. The molecule has 0 fully saturated rings. The zero-order chi connectivity index (χ0) is 17.3.